The Kier molecular flexibility index (Phi) is 3.62. The molecule has 0 N–H and O–H groups in total. The first-order valence-corrected chi connectivity index (χ1v) is 14.4. The quantitative estimate of drug-likeness (QED) is 0.187. The molecule has 0 aliphatic rings. The van der Waals surface area contributed by atoms with Gasteiger partial charge in [0.2, 0.25) is 0 Å². The predicted molar refractivity (Wildman–Crippen MR) is 190 cm³/mol. The Bertz CT molecular complexity index is 3150. The lowest BCUT2D eigenvalue weighted by Gasteiger charge is -2.18. The Morgan fingerprint density at radius 3 is 1.69 bits per heavy atom. The molecule has 9 aromatic rings. The molecule has 0 aliphatic heterocycles. The van der Waals surface area contributed by atoms with E-state index in [1.165, 1.54) is 0 Å². The van der Waals surface area contributed by atoms with Crippen molar-refractivity contribution < 1.29 is 22.2 Å². The van der Waals surface area contributed by atoms with Crippen LogP contribution in [0.15, 0.2) is 174 Å². The van der Waals surface area contributed by atoms with E-state index in [1.54, 1.807) is 18.2 Å². The van der Waals surface area contributed by atoms with Gasteiger partial charge in [0.25, 0.3) is 0 Å². The number of furan rings is 1. The molecule has 0 amide bonds. The third kappa shape index (κ3) is 4.17. The molecule has 0 bridgehead atoms. The number of hydrogen-bond donors (Lipinski definition) is 0. The summed E-state index contributed by atoms with van der Waals surface area (Å²) in [4.78, 5) is 0. The highest BCUT2D eigenvalue weighted by atomic mass is 16.3. The van der Waals surface area contributed by atoms with E-state index in [2.05, 4.69) is 6.07 Å². The van der Waals surface area contributed by atoms with Gasteiger partial charge in [-0.25, -0.2) is 0 Å². The van der Waals surface area contributed by atoms with Crippen molar-refractivity contribution >= 4 is 43.5 Å². The van der Waals surface area contributed by atoms with Crippen LogP contribution in [0.3, 0.4) is 0 Å². The number of rotatable bonds is 4. The monoisotopic (exact) mass is 585 g/mol. The largest absolute Gasteiger partial charge is 0.456 e. The summed E-state index contributed by atoms with van der Waals surface area (Å²) in [5.41, 5.74) is 4.41. The molecule has 8 aromatic carbocycles. The van der Waals surface area contributed by atoms with Gasteiger partial charge in [0, 0.05) is 10.8 Å². The van der Waals surface area contributed by atoms with Crippen LogP contribution < -0.4 is 0 Å². The Hall–Kier alpha value is -5.92. The van der Waals surface area contributed by atoms with Gasteiger partial charge in [0.1, 0.15) is 11.2 Å². The Labute approximate surface area is 279 Å². The maximum atomic E-state index is 9.29. The van der Waals surface area contributed by atoms with Gasteiger partial charge in [-0.1, -0.05) is 145 Å². The van der Waals surface area contributed by atoms with E-state index in [1.807, 2.05) is 66.7 Å². The molecule has 0 aliphatic carbocycles. The molecule has 0 unspecified atom stereocenters. The molecule has 0 spiro atoms. The lowest BCUT2D eigenvalue weighted by atomic mass is 9.85. The molecule has 9 rings (SSSR count). The first-order valence-electron chi connectivity index (χ1n) is 20.9. The lowest BCUT2D eigenvalue weighted by molar-refractivity contribution is 0.669. The van der Waals surface area contributed by atoms with Crippen LogP contribution in [0.2, 0.25) is 0 Å². The molecule has 210 valence electrons. The fourth-order valence-electron chi connectivity index (χ4n) is 6.26. The average Bonchev–Trinajstić information content (AvgIpc) is 3.62. The summed E-state index contributed by atoms with van der Waals surface area (Å²) in [5.74, 6) is 0. The van der Waals surface area contributed by atoms with Crippen LogP contribution in [-0.4, -0.2) is 0 Å². The van der Waals surface area contributed by atoms with Crippen molar-refractivity contribution in [2.24, 2.45) is 0 Å². The summed E-state index contributed by atoms with van der Waals surface area (Å²) >= 11 is 0. The molecule has 1 aromatic heterocycles. The molecular formula is C44H28O. The van der Waals surface area contributed by atoms with Crippen molar-refractivity contribution in [3.63, 3.8) is 0 Å². The average molecular weight is 586 g/mol. The zero-order chi connectivity index (χ0) is 41.1. The number of fused-ring (bicyclic) bond motifs is 5. The first kappa shape index (κ1) is 15.7. The van der Waals surface area contributed by atoms with E-state index in [0.29, 0.717) is 22.3 Å². The van der Waals surface area contributed by atoms with Crippen molar-refractivity contribution in [2.45, 2.75) is 0 Å². The molecule has 0 saturated heterocycles. The van der Waals surface area contributed by atoms with E-state index in [0.717, 1.165) is 27.5 Å². The van der Waals surface area contributed by atoms with Crippen LogP contribution in [0.4, 0.5) is 0 Å². The van der Waals surface area contributed by atoms with Crippen molar-refractivity contribution in [1.29, 1.82) is 0 Å². The summed E-state index contributed by atoms with van der Waals surface area (Å²) in [6.45, 7) is 0. The minimum atomic E-state index is -0.715. The van der Waals surface area contributed by atoms with Gasteiger partial charge in [0.05, 0.1) is 17.8 Å². The van der Waals surface area contributed by atoms with Crippen molar-refractivity contribution in [3.8, 4) is 44.5 Å². The van der Waals surface area contributed by atoms with Gasteiger partial charge >= 0.3 is 0 Å². The van der Waals surface area contributed by atoms with Gasteiger partial charge in [-0.2, -0.15) is 0 Å². The van der Waals surface area contributed by atoms with Gasteiger partial charge in [-0.15, -0.1) is 0 Å². The normalized spacial score (nSPS) is 15.6. The minimum absolute atomic E-state index is 0.0672. The van der Waals surface area contributed by atoms with Gasteiger partial charge < -0.3 is 4.42 Å². The van der Waals surface area contributed by atoms with Crippen LogP contribution in [0, 0.1) is 0 Å². The summed E-state index contributed by atoms with van der Waals surface area (Å²) in [5, 5.41) is 0.906. The topological polar surface area (TPSA) is 13.1 Å². The second kappa shape index (κ2) is 10.4. The van der Waals surface area contributed by atoms with Crippen LogP contribution in [0.5, 0.6) is 0 Å². The number of hydrogen-bond acceptors (Lipinski definition) is 1. The summed E-state index contributed by atoms with van der Waals surface area (Å²) in [7, 11) is 0. The van der Waals surface area contributed by atoms with Gasteiger partial charge in [0.15, 0.2) is 0 Å². The molecule has 0 saturated carbocycles. The van der Waals surface area contributed by atoms with Crippen LogP contribution >= 0.6 is 0 Å². The Balaban J connectivity index is 1.44. The third-order valence-electron chi connectivity index (χ3n) is 8.19. The maximum absolute atomic E-state index is 9.29. The summed E-state index contributed by atoms with van der Waals surface area (Å²) < 4.78 is 121. The highest BCUT2D eigenvalue weighted by Gasteiger charge is 2.18. The van der Waals surface area contributed by atoms with Crippen LogP contribution in [0.1, 0.15) is 17.8 Å². The molecule has 1 heteroatoms. The highest BCUT2D eigenvalue weighted by molar-refractivity contribution is 6.21. The molecule has 0 radical (unpaired) electrons. The molecule has 45 heavy (non-hydrogen) atoms. The smallest absolute Gasteiger partial charge is 0.136 e. The van der Waals surface area contributed by atoms with E-state index < -0.39 is 84.1 Å². The molecule has 0 fully saturated rings. The van der Waals surface area contributed by atoms with E-state index in [9.17, 15) is 5.48 Å². The van der Waals surface area contributed by atoms with Gasteiger partial charge in [-0.05, 0) is 90.3 Å². The summed E-state index contributed by atoms with van der Waals surface area (Å²) in [6, 6.07) is 20.3. The summed E-state index contributed by atoms with van der Waals surface area (Å²) in [6.07, 6.45) is 0. The van der Waals surface area contributed by atoms with Crippen molar-refractivity contribution in [3.05, 3.63) is 170 Å². The third-order valence-corrected chi connectivity index (χ3v) is 8.19. The van der Waals surface area contributed by atoms with E-state index in [-0.39, 0.29) is 32.7 Å². The maximum Gasteiger partial charge on any atom is 0.136 e. The Morgan fingerprint density at radius 2 is 0.978 bits per heavy atom. The molecule has 1 nitrogen and oxygen atoms in total. The van der Waals surface area contributed by atoms with Crippen molar-refractivity contribution in [2.75, 3.05) is 0 Å². The molecular weight excluding hydrogens is 544 g/mol. The van der Waals surface area contributed by atoms with Crippen LogP contribution in [-0.2, 0) is 0 Å². The zero-order valence-corrected chi connectivity index (χ0v) is 23.6. The fourth-order valence-corrected chi connectivity index (χ4v) is 6.26. The predicted octanol–water partition coefficient (Wildman–Crippen LogP) is 12.6. The first-order chi connectivity index (χ1) is 27.7. The van der Waals surface area contributed by atoms with E-state index in [4.69, 9.17) is 16.8 Å². The highest BCUT2D eigenvalue weighted by Crippen LogP contribution is 2.45. The van der Waals surface area contributed by atoms with Crippen LogP contribution in [0.25, 0.3) is 88.0 Å². The standard InChI is InChI=1S/C44H28O/c1-3-13-29(14-4-1)31-25-26-40-39(28-31)44-34(23-12-24-41(44)45-40)32-17-11-18-33(27-32)43-37-21-9-7-19-35(37)42(30-15-5-2-6-16-30)36-20-8-10-22-38(36)43/h1-28H/i2D,5D,6D,7D,8D,9D,10D,15D,16D,19D,20D,21D,22D. The zero-order valence-electron chi connectivity index (χ0n) is 36.6. The van der Waals surface area contributed by atoms with Gasteiger partial charge in [-0.3, -0.25) is 0 Å². The lowest BCUT2D eigenvalue weighted by Crippen LogP contribution is -1.91. The fraction of sp³-hybridized carbons (Fsp3) is 0. The second-order valence-corrected chi connectivity index (χ2v) is 10.7. The molecule has 0 atom stereocenters. The molecule has 1 heterocycles. The van der Waals surface area contributed by atoms with Crippen molar-refractivity contribution in [1.82, 2.24) is 0 Å². The van der Waals surface area contributed by atoms with E-state index >= 15 is 0 Å². The SMILES string of the molecule is [2H]c1c([2H])c([2H])c(-c2c3c([2H])c([2H])c([2H])c([2H])c3c(-c3cccc(-c4cccc5oc6ccc(-c7ccccc7)cc6c45)c3)c3c([2H])c([2H])c([2H])c([2H])c23)c([2H])c1[2H]. The Morgan fingerprint density at radius 1 is 0.378 bits per heavy atom. The second-order valence-electron chi connectivity index (χ2n) is 10.7. The number of benzene rings is 8. The minimum Gasteiger partial charge on any atom is -0.456 e.